The Balaban J connectivity index is 0.00000144. The van der Waals surface area contributed by atoms with E-state index in [1.165, 1.54) is 6.07 Å². The maximum absolute atomic E-state index is 12.0. The van der Waals surface area contributed by atoms with E-state index in [2.05, 4.69) is 0 Å². The van der Waals surface area contributed by atoms with Crippen molar-refractivity contribution < 1.29 is 72.4 Å². The van der Waals surface area contributed by atoms with Gasteiger partial charge in [0.2, 0.25) is 0 Å². The van der Waals surface area contributed by atoms with Gasteiger partial charge in [-0.15, -0.1) is 0 Å². The van der Waals surface area contributed by atoms with Crippen LogP contribution in [0.1, 0.15) is 0 Å². The largest absolute Gasteiger partial charge is 1.00 e. The number of halogens is 5. The van der Waals surface area contributed by atoms with E-state index < -0.39 is 12.8 Å². The van der Waals surface area contributed by atoms with Gasteiger partial charge in [-0.2, -0.15) is 0 Å². The van der Waals surface area contributed by atoms with E-state index >= 15 is 0 Å². The molecule has 0 amide bonds. The quantitative estimate of drug-likeness (QED) is 0.389. The van der Waals surface area contributed by atoms with Crippen molar-refractivity contribution in [3.05, 3.63) is 30.3 Å². The molecule has 0 fully saturated rings. The molecular weight excluding hydrogens is 237 g/mol. The molecule has 1 rings (SSSR count). The van der Waals surface area contributed by atoms with Crippen molar-refractivity contribution in [3.63, 3.8) is 0 Å². The average molecular weight is 242 g/mol. The van der Waals surface area contributed by atoms with Crippen LogP contribution in [0.4, 0.5) is 21.0 Å². The molecule has 0 aliphatic carbocycles. The molecule has 1 aromatic rings. The van der Waals surface area contributed by atoms with E-state index in [4.69, 9.17) is 0 Å². The Hall–Kier alpha value is 0.936. The molecule has 0 saturated carbocycles. The summed E-state index contributed by atoms with van der Waals surface area (Å²) in [4.78, 5) is 0. The molecule has 0 aliphatic heterocycles. The summed E-state index contributed by atoms with van der Waals surface area (Å²) >= 11 is 0. The van der Waals surface area contributed by atoms with Crippen LogP contribution in [0.2, 0.25) is 0 Å². The summed E-state index contributed by atoms with van der Waals surface area (Å²) in [6.07, 6.45) is 0. The molecule has 0 unspecified atom stereocenters. The van der Waals surface area contributed by atoms with Crippen LogP contribution in [0.3, 0.4) is 0 Å². The molecule has 0 spiro atoms. The second-order valence-corrected chi connectivity index (χ2v) is 5.04. The van der Waals surface area contributed by atoms with Crippen LogP contribution in [0.25, 0.3) is 0 Å². The molecule has 0 radical (unpaired) electrons. The number of rotatable bonds is 1. The first kappa shape index (κ1) is 13.9. The van der Waals surface area contributed by atoms with Crippen LogP contribution in [-0.2, 0) is 0 Å². The van der Waals surface area contributed by atoms with Crippen molar-refractivity contribution in [2.24, 2.45) is 0 Å². The van der Waals surface area contributed by atoms with Crippen LogP contribution in [0, 0.1) is 0 Å². The van der Waals surface area contributed by atoms with Crippen molar-refractivity contribution in [2.75, 3.05) is 0 Å². The molecule has 0 heterocycles. The molecule has 13 heavy (non-hydrogen) atoms. The van der Waals surface area contributed by atoms with E-state index in [0.717, 1.165) is 12.1 Å². The molecular formula is C6H5F5KP. The predicted octanol–water partition coefficient (Wildman–Crippen LogP) is 0.827. The maximum Gasteiger partial charge on any atom is 1.00 e. The summed E-state index contributed by atoms with van der Waals surface area (Å²) in [5, 5.41) is -1.83. The van der Waals surface area contributed by atoms with Gasteiger partial charge in [0.25, 0.3) is 0 Å². The summed E-state index contributed by atoms with van der Waals surface area (Å²) in [5.74, 6) is 0. The standard InChI is InChI=1S/C6H5F5P.K/c7-12(8,9,10,11)6-4-2-1-3-5-6;/h1-5H;/q-1;+1. The van der Waals surface area contributed by atoms with Crippen LogP contribution >= 0.6 is 7.50 Å². The fourth-order valence-electron chi connectivity index (χ4n) is 0.710. The summed E-state index contributed by atoms with van der Waals surface area (Å²) in [5.41, 5.74) is 0. The van der Waals surface area contributed by atoms with Gasteiger partial charge in [-0.3, -0.25) is 0 Å². The monoisotopic (exact) mass is 242 g/mol. The Kier molecular flexibility index (Phi) is 3.45. The van der Waals surface area contributed by atoms with Crippen molar-refractivity contribution in [1.29, 1.82) is 0 Å². The summed E-state index contributed by atoms with van der Waals surface area (Å²) in [6.45, 7) is 0. The topological polar surface area (TPSA) is 0 Å². The van der Waals surface area contributed by atoms with Crippen LogP contribution < -0.4 is 56.7 Å². The zero-order valence-corrected chi connectivity index (χ0v) is 10.7. The molecule has 0 atom stereocenters. The Morgan fingerprint density at radius 1 is 0.769 bits per heavy atom. The number of hydrogen-bond acceptors (Lipinski definition) is 0. The summed E-state index contributed by atoms with van der Waals surface area (Å²) in [6, 6.07) is 3.84. The SMILES string of the molecule is F[P-](F)(F)(F)(F)c1ccccc1.[K+]. The normalized spacial score (nSPS) is 16.7. The summed E-state index contributed by atoms with van der Waals surface area (Å²) < 4.78 is 59.8. The number of benzene rings is 1. The third-order valence-electron chi connectivity index (χ3n) is 1.24. The minimum atomic E-state index is -9.64. The molecule has 70 valence electrons. The third-order valence-corrected chi connectivity index (χ3v) is 2.52. The van der Waals surface area contributed by atoms with Gasteiger partial charge in [0.05, 0.1) is 0 Å². The maximum atomic E-state index is 12.0. The van der Waals surface area contributed by atoms with E-state index in [-0.39, 0.29) is 51.4 Å². The van der Waals surface area contributed by atoms with Crippen molar-refractivity contribution in [1.82, 2.24) is 0 Å². The smallest absolute Gasteiger partial charge is 1.00 e. The van der Waals surface area contributed by atoms with Crippen molar-refractivity contribution >= 4 is 12.8 Å². The Morgan fingerprint density at radius 3 is 1.38 bits per heavy atom. The molecule has 0 saturated heterocycles. The first-order valence-corrected chi connectivity index (χ1v) is 5.12. The van der Waals surface area contributed by atoms with Crippen LogP contribution in [0.15, 0.2) is 30.3 Å². The van der Waals surface area contributed by atoms with Gasteiger partial charge in [-0.05, 0) is 0 Å². The van der Waals surface area contributed by atoms with Gasteiger partial charge < -0.3 is 0 Å². The third kappa shape index (κ3) is 4.31. The molecule has 0 N–H and O–H groups in total. The number of hydrogen-bond donors (Lipinski definition) is 0. The molecule has 0 nitrogen and oxygen atoms in total. The van der Waals surface area contributed by atoms with E-state index in [1.54, 1.807) is 0 Å². The minimum Gasteiger partial charge on any atom is 1.00 e. The van der Waals surface area contributed by atoms with Gasteiger partial charge in [-0.1, -0.05) is 0 Å². The van der Waals surface area contributed by atoms with Gasteiger partial charge in [0.1, 0.15) is 0 Å². The first-order valence-electron chi connectivity index (χ1n) is 2.98. The van der Waals surface area contributed by atoms with Crippen molar-refractivity contribution in [2.45, 2.75) is 0 Å². The van der Waals surface area contributed by atoms with Gasteiger partial charge in [-0.25, -0.2) is 0 Å². The van der Waals surface area contributed by atoms with Gasteiger partial charge in [0.15, 0.2) is 0 Å². The molecule has 0 bridgehead atoms. The van der Waals surface area contributed by atoms with E-state index in [1.807, 2.05) is 0 Å². The minimum absolute atomic E-state index is 0. The summed E-state index contributed by atoms with van der Waals surface area (Å²) in [7, 11) is -9.64. The predicted molar refractivity (Wildman–Crippen MR) is 38.5 cm³/mol. The fraction of sp³-hybridized carbons (Fsp3) is 0. The van der Waals surface area contributed by atoms with Gasteiger partial charge in [0, 0.05) is 0 Å². The Bertz CT molecular complexity index is 290. The van der Waals surface area contributed by atoms with E-state index in [9.17, 15) is 21.0 Å². The molecule has 0 aromatic heterocycles. The second-order valence-electron chi connectivity index (χ2n) is 2.40. The molecule has 7 heteroatoms. The van der Waals surface area contributed by atoms with Crippen LogP contribution in [0.5, 0.6) is 0 Å². The zero-order valence-electron chi connectivity index (χ0n) is 6.72. The second kappa shape index (κ2) is 3.22. The van der Waals surface area contributed by atoms with Gasteiger partial charge >= 0.3 is 116 Å². The molecule has 1 aromatic carbocycles. The zero-order chi connectivity index (χ0) is 9.52. The average Bonchev–Trinajstić information content (AvgIpc) is 1.85. The van der Waals surface area contributed by atoms with Crippen molar-refractivity contribution in [3.8, 4) is 0 Å². The first-order chi connectivity index (χ1) is 5.09. The Morgan fingerprint density at radius 2 is 1.15 bits per heavy atom. The van der Waals surface area contributed by atoms with Crippen LogP contribution in [-0.4, -0.2) is 0 Å². The Labute approximate surface area is 114 Å². The fourth-order valence-corrected chi connectivity index (χ4v) is 1.45. The van der Waals surface area contributed by atoms with E-state index in [0.29, 0.717) is 12.1 Å². The molecule has 0 aliphatic rings.